The van der Waals surface area contributed by atoms with Gasteiger partial charge in [0.2, 0.25) is 0 Å². The number of nitrogens with zero attached hydrogens (tertiary/aromatic N) is 1. The van der Waals surface area contributed by atoms with Crippen LogP contribution in [0.3, 0.4) is 0 Å². The van der Waals surface area contributed by atoms with Crippen LogP contribution in [0, 0.1) is 0 Å². The maximum atomic E-state index is 12.2. The van der Waals surface area contributed by atoms with E-state index < -0.39 is 0 Å². The molecule has 0 atom stereocenters. The Morgan fingerprint density at radius 2 is 2.12 bits per heavy atom. The van der Waals surface area contributed by atoms with Gasteiger partial charge >= 0.3 is 0 Å². The van der Waals surface area contributed by atoms with Crippen molar-refractivity contribution in [3.8, 4) is 0 Å². The maximum absolute atomic E-state index is 12.2. The lowest BCUT2D eigenvalue weighted by molar-refractivity contribution is 0.0909. The predicted molar refractivity (Wildman–Crippen MR) is 68.1 cm³/mol. The van der Waals surface area contributed by atoms with E-state index in [0.717, 1.165) is 18.5 Å². The summed E-state index contributed by atoms with van der Waals surface area (Å²) in [4.78, 5) is 16.2. The Balaban J connectivity index is 2.14. The summed E-state index contributed by atoms with van der Waals surface area (Å²) in [6, 6.07) is 1.75. The van der Waals surface area contributed by atoms with Crippen molar-refractivity contribution in [1.29, 1.82) is 0 Å². The largest absolute Gasteiger partial charge is 0.386 e. The molecule has 0 saturated heterocycles. The first-order valence-corrected chi connectivity index (χ1v) is 6.09. The SMILES string of the molecule is CNc1cnccc1C(=O)NC1(C)CCCC1. The predicted octanol–water partition coefficient (Wildman–Crippen LogP) is 2.19. The van der Waals surface area contributed by atoms with Gasteiger partial charge in [-0.25, -0.2) is 0 Å². The maximum Gasteiger partial charge on any atom is 0.253 e. The monoisotopic (exact) mass is 233 g/mol. The number of pyridine rings is 1. The van der Waals surface area contributed by atoms with Gasteiger partial charge in [0.15, 0.2) is 0 Å². The highest BCUT2D eigenvalue weighted by Gasteiger charge is 2.30. The van der Waals surface area contributed by atoms with Gasteiger partial charge in [-0.1, -0.05) is 12.8 Å². The summed E-state index contributed by atoms with van der Waals surface area (Å²) >= 11 is 0. The Hall–Kier alpha value is -1.58. The fourth-order valence-electron chi connectivity index (χ4n) is 2.41. The summed E-state index contributed by atoms with van der Waals surface area (Å²) in [6.07, 6.45) is 7.86. The third kappa shape index (κ3) is 2.57. The zero-order valence-electron chi connectivity index (χ0n) is 10.4. The average molecular weight is 233 g/mol. The van der Waals surface area contributed by atoms with Crippen LogP contribution in [-0.2, 0) is 0 Å². The summed E-state index contributed by atoms with van der Waals surface area (Å²) in [5.41, 5.74) is 1.40. The van der Waals surface area contributed by atoms with Gasteiger partial charge in [0.25, 0.3) is 5.91 Å². The van der Waals surface area contributed by atoms with Crippen LogP contribution in [0.4, 0.5) is 5.69 Å². The molecule has 0 aliphatic heterocycles. The van der Waals surface area contributed by atoms with Crippen LogP contribution in [0.15, 0.2) is 18.5 Å². The van der Waals surface area contributed by atoms with Gasteiger partial charge in [-0.3, -0.25) is 9.78 Å². The molecule has 2 N–H and O–H groups in total. The quantitative estimate of drug-likeness (QED) is 0.841. The second kappa shape index (κ2) is 4.73. The van der Waals surface area contributed by atoms with E-state index in [0.29, 0.717) is 5.56 Å². The Morgan fingerprint density at radius 1 is 1.41 bits per heavy atom. The number of hydrogen-bond acceptors (Lipinski definition) is 3. The van der Waals surface area contributed by atoms with Crippen LogP contribution >= 0.6 is 0 Å². The standard InChI is InChI=1S/C13H19N3O/c1-13(6-3-4-7-13)16-12(17)10-5-8-15-9-11(10)14-2/h5,8-9,14H,3-4,6-7H2,1-2H3,(H,16,17). The minimum atomic E-state index is -0.0363. The minimum Gasteiger partial charge on any atom is -0.386 e. The molecule has 92 valence electrons. The number of aromatic nitrogens is 1. The van der Waals surface area contributed by atoms with Crippen molar-refractivity contribution in [2.24, 2.45) is 0 Å². The lowest BCUT2D eigenvalue weighted by Crippen LogP contribution is -2.43. The van der Waals surface area contributed by atoms with Crippen molar-refractivity contribution >= 4 is 11.6 Å². The van der Waals surface area contributed by atoms with E-state index >= 15 is 0 Å². The third-order valence-corrected chi connectivity index (χ3v) is 3.46. The molecule has 1 heterocycles. The van der Waals surface area contributed by atoms with Gasteiger partial charge in [0.05, 0.1) is 17.4 Å². The zero-order chi connectivity index (χ0) is 12.3. The molecule has 1 aromatic rings. The van der Waals surface area contributed by atoms with Gasteiger partial charge < -0.3 is 10.6 Å². The Morgan fingerprint density at radius 3 is 2.76 bits per heavy atom. The first-order valence-electron chi connectivity index (χ1n) is 6.09. The number of nitrogens with one attached hydrogen (secondary N) is 2. The van der Waals surface area contributed by atoms with Gasteiger partial charge in [-0.05, 0) is 25.8 Å². The van der Waals surface area contributed by atoms with E-state index in [9.17, 15) is 4.79 Å². The van der Waals surface area contributed by atoms with E-state index in [2.05, 4.69) is 22.5 Å². The molecule has 4 heteroatoms. The van der Waals surface area contributed by atoms with E-state index in [4.69, 9.17) is 0 Å². The topological polar surface area (TPSA) is 54.0 Å². The zero-order valence-corrected chi connectivity index (χ0v) is 10.4. The van der Waals surface area contributed by atoms with Gasteiger partial charge in [-0.15, -0.1) is 0 Å². The molecule has 1 amide bonds. The molecule has 0 spiro atoms. The molecule has 0 bridgehead atoms. The number of amides is 1. The molecular formula is C13H19N3O. The fraction of sp³-hybridized carbons (Fsp3) is 0.538. The molecule has 0 radical (unpaired) electrons. The average Bonchev–Trinajstić information content (AvgIpc) is 2.75. The van der Waals surface area contributed by atoms with Crippen molar-refractivity contribution in [3.05, 3.63) is 24.0 Å². The van der Waals surface area contributed by atoms with Crippen LogP contribution in [0.25, 0.3) is 0 Å². The van der Waals surface area contributed by atoms with Crippen LogP contribution in [0.5, 0.6) is 0 Å². The van der Waals surface area contributed by atoms with E-state index in [-0.39, 0.29) is 11.4 Å². The normalized spacial score (nSPS) is 17.8. The second-order valence-electron chi connectivity index (χ2n) is 4.89. The Bertz CT molecular complexity index is 411. The van der Waals surface area contributed by atoms with Crippen molar-refractivity contribution in [2.45, 2.75) is 38.1 Å². The number of carbonyl (C=O) groups is 1. The van der Waals surface area contributed by atoms with Gasteiger partial charge in [0.1, 0.15) is 0 Å². The summed E-state index contributed by atoms with van der Waals surface area (Å²) in [5, 5.41) is 6.13. The molecule has 4 nitrogen and oxygen atoms in total. The number of rotatable bonds is 3. The van der Waals surface area contributed by atoms with Crippen LogP contribution in [-0.4, -0.2) is 23.5 Å². The lowest BCUT2D eigenvalue weighted by atomic mass is 10.00. The summed E-state index contributed by atoms with van der Waals surface area (Å²) in [5.74, 6) is -0.0128. The number of anilines is 1. The molecule has 2 rings (SSSR count). The summed E-state index contributed by atoms with van der Waals surface area (Å²) < 4.78 is 0. The van der Waals surface area contributed by atoms with Crippen LogP contribution < -0.4 is 10.6 Å². The van der Waals surface area contributed by atoms with E-state index in [1.165, 1.54) is 12.8 Å². The van der Waals surface area contributed by atoms with Crippen molar-refractivity contribution in [3.63, 3.8) is 0 Å². The van der Waals surface area contributed by atoms with E-state index in [1.807, 2.05) is 0 Å². The molecule has 17 heavy (non-hydrogen) atoms. The third-order valence-electron chi connectivity index (χ3n) is 3.46. The first kappa shape index (κ1) is 11.9. The van der Waals surface area contributed by atoms with Gasteiger partial charge in [-0.2, -0.15) is 0 Å². The Kier molecular flexibility index (Phi) is 3.31. The smallest absolute Gasteiger partial charge is 0.253 e. The fourth-order valence-corrected chi connectivity index (χ4v) is 2.41. The molecule has 1 fully saturated rings. The number of carbonyl (C=O) groups excluding carboxylic acids is 1. The highest BCUT2D eigenvalue weighted by molar-refractivity contribution is 5.99. The van der Waals surface area contributed by atoms with Gasteiger partial charge in [0, 0.05) is 18.8 Å². The highest BCUT2D eigenvalue weighted by Crippen LogP contribution is 2.29. The Labute approximate surface area is 102 Å². The molecule has 1 aliphatic carbocycles. The first-order chi connectivity index (χ1) is 8.14. The van der Waals surface area contributed by atoms with Crippen molar-refractivity contribution in [1.82, 2.24) is 10.3 Å². The second-order valence-corrected chi connectivity index (χ2v) is 4.89. The molecule has 1 saturated carbocycles. The molecule has 1 aromatic heterocycles. The lowest BCUT2D eigenvalue weighted by Gasteiger charge is -2.25. The van der Waals surface area contributed by atoms with Crippen molar-refractivity contribution < 1.29 is 4.79 Å². The summed E-state index contributed by atoms with van der Waals surface area (Å²) in [6.45, 7) is 2.12. The minimum absolute atomic E-state index is 0.0128. The van der Waals surface area contributed by atoms with Crippen LogP contribution in [0.1, 0.15) is 43.0 Å². The molecular weight excluding hydrogens is 214 g/mol. The van der Waals surface area contributed by atoms with Crippen LogP contribution in [0.2, 0.25) is 0 Å². The molecule has 0 aromatic carbocycles. The molecule has 1 aliphatic rings. The number of hydrogen-bond donors (Lipinski definition) is 2. The molecule has 0 unspecified atom stereocenters. The highest BCUT2D eigenvalue weighted by atomic mass is 16.1. The van der Waals surface area contributed by atoms with E-state index in [1.54, 1.807) is 25.5 Å². The summed E-state index contributed by atoms with van der Waals surface area (Å²) in [7, 11) is 1.80. The van der Waals surface area contributed by atoms with Crippen molar-refractivity contribution in [2.75, 3.05) is 12.4 Å².